The molecule has 5 nitrogen and oxygen atoms in total. The molecule has 1 aromatic heterocycles. The first-order valence-electron chi connectivity index (χ1n) is 7.18. The Morgan fingerprint density at radius 1 is 1.33 bits per heavy atom. The number of aryl methyl sites for hydroxylation is 2. The minimum Gasteiger partial charge on any atom is -0.338 e. The zero-order valence-corrected chi connectivity index (χ0v) is 13.6. The number of carbonyl (C=O) groups is 1. The summed E-state index contributed by atoms with van der Waals surface area (Å²) in [7, 11) is 0. The number of carbonyl (C=O) groups excluding carboxylic acids is 1. The maximum atomic E-state index is 12.6. The summed E-state index contributed by atoms with van der Waals surface area (Å²) >= 11 is 5.81. The van der Waals surface area contributed by atoms with Gasteiger partial charge in [0.15, 0.2) is 5.69 Å². The second-order valence-electron chi connectivity index (χ2n) is 5.14. The second kappa shape index (κ2) is 7.57. The fourth-order valence-corrected chi connectivity index (χ4v) is 2.24. The number of nitrogens with one attached hydrogen (secondary N) is 2. The molecular formula is C15H16ClF3N4O. The van der Waals surface area contributed by atoms with Crippen molar-refractivity contribution in [1.29, 1.82) is 0 Å². The van der Waals surface area contributed by atoms with Crippen molar-refractivity contribution >= 4 is 23.3 Å². The first-order chi connectivity index (χ1) is 11.3. The highest BCUT2D eigenvalue weighted by Gasteiger charge is 2.34. The quantitative estimate of drug-likeness (QED) is 0.789. The van der Waals surface area contributed by atoms with E-state index in [2.05, 4.69) is 15.7 Å². The molecule has 0 aliphatic heterocycles. The minimum atomic E-state index is -4.45. The van der Waals surface area contributed by atoms with Crippen LogP contribution in [0.4, 0.5) is 23.7 Å². The van der Waals surface area contributed by atoms with Crippen molar-refractivity contribution in [3.05, 3.63) is 46.7 Å². The van der Waals surface area contributed by atoms with Crippen LogP contribution in [0.1, 0.15) is 17.8 Å². The fourth-order valence-electron chi connectivity index (χ4n) is 2.05. The van der Waals surface area contributed by atoms with E-state index in [4.69, 9.17) is 11.6 Å². The molecule has 2 rings (SSSR count). The van der Waals surface area contributed by atoms with Crippen molar-refractivity contribution in [3.8, 4) is 0 Å². The van der Waals surface area contributed by atoms with Crippen LogP contribution in [-0.4, -0.2) is 22.4 Å². The summed E-state index contributed by atoms with van der Waals surface area (Å²) in [5, 5.41) is 9.26. The molecule has 1 heterocycles. The van der Waals surface area contributed by atoms with Gasteiger partial charge in [-0.25, -0.2) is 4.79 Å². The number of anilines is 1. The topological polar surface area (TPSA) is 59.0 Å². The first-order valence-corrected chi connectivity index (χ1v) is 7.55. The molecule has 0 saturated heterocycles. The monoisotopic (exact) mass is 360 g/mol. The molecule has 0 fully saturated rings. The van der Waals surface area contributed by atoms with Crippen LogP contribution in [0.2, 0.25) is 5.02 Å². The average molecular weight is 361 g/mol. The van der Waals surface area contributed by atoms with E-state index in [0.29, 0.717) is 29.4 Å². The van der Waals surface area contributed by atoms with E-state index in [1.165, 1.54) is 4.68 Å². The average Bonchev–Trinajstić information content (AvgIpc) is 2.85. The summed E-state index contributed by atoms with van der Waals surface area (Å²) in [6.07, 6.45) is -4.01. The van der Waals surface area contributed by atoms with Gasteiger partial charge in [-0.05, 0) is 37.6 Å². The summed E-state index contributed by atoms with van der Waals surface area (Å²) in [4.78, 5) is 11.7. The predicted octanol–water partition coefficient (Wildman–Crippen LogP) is 4.08. The zero-order valence-electron chi connectivity index (χ0n) is 12.8. The number of alkyl halides is 3. The van der Waals surface area contributed by atoms with E-state index in [1.54, 1.807) is 31.2 Å². The predicted molar refractivity (Wildman–Crippen MR) is 85.1 cm³/mol. The Bertz CT molecular complexity index is 715. The van der Waals surface area contributed by atoms with Gasteiger partial charge in [0.05, 0.1) is 0 Å². The van der Waals surface area contributed by atoms with Crippen LogP contribution in [-0.2, 0) is 12.7 Å². The van der Waals surface area contributed by atoms with Gasteiger partial charge in [-0.15, -0.1) is 0 Å². The van der Waals surface area contributed by atoms with Gasteiger partial charge >= 0.3 is 12.2 Å². The molecule has 2 aromatic rings. The molecule has 2 N–H and O–H groups in total. The number of rotatable bonds is 5. The summed E-state index contributed by atoms with van der Waals surface area (Å²) in [5.41, 5.74) is 0.0649. The van der Waals surface area contributed by atoms with Crippen molar-refractivity contribution in [1.82, 2.24) is 15.1 Å². The number of amides is 2. The van der Waals surface area contributed by atoms with Crippen LogP contribution in [0.15, 0.2) is 30.3 Å². The largest absolute Gasteiger partial charge is 0.435 e. The molecular weight excluding hydrogens is 345 g/mol. The lowest BCUT2D eigenvalue weighted by atomic mass is 10.3. The van der Waals surface area contributed by atoms with Crippen molar-refractivity contribution < 1.29 is 18.0 Å². The molecule has 130 valence electrons. The molecule has 0 saturated carbocycles. The Hall–Kier alpha value is -2.22. The van der Waals surface area contributed by atoms with E-state index in [1.807, 2.05) is 0 Å². The van der Waals surface area contributed by atoms with E-state index in [-0.39, 0.29) is 6.54 Å². The highest BCUT2D eigenvalue weighted by atomic mass is 35.5. The molecule has 9 heteroatoms. The highest BCUT2D eigenvalue weighted by molar-refractivity contribution is 6.30. The minimum absolute atomic E-state index is 0.277. The van der Waals surface area contributed by atoms with Crippen molar-refractivity contribution in [2.45, 2.75) is 26.1 Å². The van der Waals surface area contributed by atoms with Crippen molar-refractivity contribution in [2.75, 3.05) is 11.9 Å². The van der Waals surface area contributed by atoms with Crippen LogP contribution in [0, 0.1) is 6.92 Å². The van der Waals surface area contributed by atoms with Crippen molar-refractivity contribution in [3.63, 3.8) is 0 Å². The normalized spacial score (nSPS) is 11.4. The molecule has 0 radical (unpaired) electrons. The third kappa shape index (κ3) is 5.16. The SMILES string of the molecule is Cc1cc(C(F)(F)F)nn1CCCNC(=O)Nc1cccc(Cl)c1. The van der Waals surface area contributed by atoms with Crippen LogP contribution >= 0.6 is 11.6 Å². The Kier molecular flexibility index (Phi) is 5.71. The number of nitrogens with zero attached hydrogens (tertiary/aromatic N) is 2. The van der Waals surface area contributed by atoms with Gasteiger partial charge in [-0.1, -0.05) is 17.7 Å². The second-order valence-corrected chi connectivity index (χ2v) is 5.57. The Balaban J connectivity index is 1.77. The van der Waals surface area contributed by atoms with Gasteiger partial charge < -0.3 is 10.6 Å². The van der Waals surface area contributed by atoms with E-state index < -0.39 is 17.9 Å². The third-order valence-corrected chi connectivity index (χ3v) is 3.42. The third-order valence-electron chi connectivity index (χ3n) is 3.19. The molecule has 0 bridgehead atoms. The van der Waals surface area contributed by atoms with Gasteiger partial charge in [-0.2, -0.15) is 18.3 Å². The van der Waals surface area contributed by atoms with Crippen LogP contribution in [0.5, 0.6) is 0 Å². The molecule has 0 aliphatic carbocycles. The Labute approximate surface area is 141 Å². The number of halogens is 4. The maximum Gasteiger partial charge on any atom is 0.435 e. The highest BCUT2D eigenvalue weighted by Crippen LogP contribution is 2.28. The van der Waals surface area contributed by atoms with Crippen molar-refractivity contribution in [2.24, 2.45) is 0 Å². The number of hydrogen-bond acceptors (Lipinski definition) is 2. The molecule has 1 aromatic carbocycles. The Morgan fingerprint density at radius 2 is 2.08 bits per heavy atom. The lowest BCUT2D eigenvalue weighted by Gasteiger charge is -2.08. The molecule has 0 spiro atoms. The van der Waals surface area contributed by atoms with Crippen LogP contribution in [0.25, 0.3) is 0 Å². The Morgan fingerprint density at radius 3 is 2.71 bits per heavy atom. The van der Waals surface area contributed by atoms with Gasteiger partial charge in [0, 0.05) is 29.5 Å². The number of hydrogen-bond donors (Lipinski definition) is 2. The fraction of sp³-hybridized carbons (Fsp3) is 0.333. The standard InChI is InChI=1S/C15H16ClF3N4O/c1-10-8-13(15(17,18)19)22-23(10)7-3-6-20-14(24)21-12-5-2-4-11(16)9-12/h2,4-5,8-9H,3,6-7H2,1H3,(H2,20,21,24). The number of urea groups is 1. The summed E-state index contributed by atoms with van der Waals surface area (Å²) in [5.74, 6) is 0. The van der Waals surface area contributed by atoms with E-state index in [9.17, 15) is 18.0 Å². The summed E-state index contributed by atoms with van der Waals surface area (Å²) < 4.78 is 39.0. The van der Waals surface area contributed by atoms with E-state index >= 15 is 0 Å². The van der Waals surface area contributed by atoms with Gasteiger partial charge in [0.2, 0.25) is 0 Å². The maximum absolute atomic E-state index is 12.6. The van der Waals surface area contributed by atoms with Gasteiger partial charge in [0.25, 0.3) is 0 Å². The van der Waals surface area contributed by atoms with E-state index in [0.717, 1.165) is 6.07 Å². The summed E-state index contributed by atoms with van der Waals surface area (Å²) in [6, 6.07) is 7.28. The molecule has 0 atom stereocenters. The lowest BCUT2D eigenvalue weighted by molar-refractivity contribution is -0.141. The molecule has 24 heavy (non-hydrogen) atoms. The van der Waals surface area contributed by atoms with Crippen LogP contribution in [0.3, 0.4) is 0 Å². The number of benzene rings is 1. The number of aromatic nitrogens is 2. The van der Waals surface area contributed by atoms with Gasteiger partial charge in [0.1, 0.15) is 0 Å². The van der Waals surface area contributed by atoms with Gasteiger partial charge in [-0.3, -0.25) is 4.68 Å². The summed E-state index contributed by atoms with van der Waals surface area (Å²) in [6.45, 7) is 2.13. The lowest BCUT2D eigenvalue weighted by Crippen LogP contribution is -2.30. The molecule has 0 unspecified atom stereocenters. The zero-order chi connectivity index (χ0) is 17.7. The first kappa shape index (κ1) is 18.1. The van der Waals surface area contributed by atoms with Crippen LogP contribution < -0.4 is 10.6 Å². The smallest absolute Gasteiger partial charge is 0.338 e. The molecule has 0 aliphatic rings. The molecule has 2 amide bonds.